The molecule has 0 spiro atoms. The van der Waals surface area contributed by atoms with Crippen LogP contribution in [-0.2, 0) is 0 Å². The van der Waals surface area contributed by atoms with Crippen LogP contribution in [0.1, 0.15) is 39.0 Å². The van der Waals surface area contributed by atoms with Gasteiger partial charge in [0.25, 0.3) is 0 Å². The van der Waals surface area contributed by atoms with Crippen molar-refractivity contribution in [2.45, 2.75) is 44.3 Å². The summed E-state index contributed by atoms with van der Waals surface area (Å²) >= 11 is 0. The van der Waals surface area contributed by atoms with Gasteiger partial charge in [-0.2, -0.15) is 0 Å². The van der Waals surface area contributed by atoms with Gasteiger partial charge >= 0.3 is 0 Å². The van der Waals surface area contributed by atoms with Crippen LogP contribution in [0.4, 0.5) is 0 Å². The molecule has 1 unspecified atom stereocenters. The first kappa shape index (κ1) is 6.76. The standard InChI is InChI=1S/C9H17B/c1-9(10)6-7-2-4-8(9)5-3-7/h7-8H,2-6,10H2,1H3. The van der Waals surface area contributed by atoms with Crippen molar-refractivity contribution in [2.24, 2.45) is 11.8 Å². The zero-order chi connectivity index (χ0) is 7.19. The topological polar surface area (TPSA) is 0 Å². The van der Waals surface area contributed by atoms with Gasteiger partial charge in [-0.1, -0.05) is 44.3 Å². The summed E-state index contributed by atoms with van der Waals surface area (Å²) < 4.78 is 0. The first-order valence-corrected chi connectivity index (χ1v) is 4.68. The minimum atomic E-state index is 0.696. The highest BCUT2D eigenvalue weighted by Gasteiger charge is 2.40. The fourth-order valence-corrected chi connectivity index (χ4v) is 3.06. The van der Waals surface area contributed by atoms with Crippen molar-refractivity contribution >= 4 is 7.85 Å². The summed E-state index contributed by atoms with van der Waals surface area (Å²) in [5.41, 5.74) is 0. The predicted octanol–water partition coefficient (Wildman–Crippen LogP) is 2.01. The lowest BCUT2D eigenvalue weighted by Gasteiger charge is -2.48. The van der Waals surface area contributed by atoms with E-state index in [4.69, 9.17) is 0 Å². The summed E-state index contributed by atoms with van der Waals surface area (Å²) in [6.45, 7) is 2.46. The van der Waals surface area contributed by atoms with Crippen LogP contribution in [0.25, 0.3) is 0 Å². The number of hydrogen-bond acceptors (Lipinski definition) is 0. The van der Waals surface area contributed by atoms with Gasteiger partial charge in [0, 0.05) is 0 Å². The van der Waals surface area contributed by atoms with E-state index in [1.54, 1.807) is 0 Å². The van der Waals surface area contributed by atoms with Gasteiger partial charge in [-0.05, 0) is 11.8 Å². The summed E-state index contributed by atoms with van der Waals surface area (Å²) in [5, 5.41) is 0.696. The molecule has 2 bridgehead atoms. The fourth-order valence-electron chi connectivity index (χ4n) is 3.06. The zero-order valence-electron chi connectivity index (χ0n) is 7.19. The Bertz CT molecular complexity index is 132. The van der Waals surface area contributed by atoms with E-state index < -0.39 is 0 Å². The van der Waals surface area contributed by atoms with Crippen LogP contribution in [0.3, 0.4) is 0 Å². The summed E-state index contributed by atoms with van der Waals surface area (Å²) in [7, 11) is 2.46. The average Bonchev–Trinajstić information content (AvgIpc) is 1.87. The molecule has 3 rings (SSSR count). The van der Waals surface area contributed by atoms with Gasteiger partial charge in [-0.25, -0.2) is 0 Å². The third-order valence-corrected chi connectivity index (χ3v) is 3.77. The van der Waals surface area contributed by atoms with E-state index in [0.29, 0.717) is 5.31 Å². The SMILES string of the molecule is BC1(C)CC2CCC1CC2. The van der Waals surface area contributed by atoms with Crippen LogP contribution < -0.4 is 0 Å². The third-order valence-electron chi connectivity index (χ3n) is 3.77. The van der Waals surface area contributed by atoms with Gasteiger partial charge in [0.2, 0.25) is 0 Å². The summed E-state index contributed by atoms with van der Waals surface area (Å²) in [5.74, 6) is 2.16. The van der Waals surface area contributed by atoms with Gasteiger partial charge in [-0.3, -0.25) is 0 Å². The summed E-state index contributed by atoms with van der Waals surface area (Å²) in [4.78, 5) is 0. The number of rotatable bonds is 0. The maximum absolute atomic E-state index is 2.46. The van der Waals surface area contributed by atoms with E-state index in [0.717, 1.165) is 11.8 Å². The van der Waals surface area contributed by atoms with Crippen molar-refractivity contribution in [3.05, 3.63) is 0 Å². The molecule has 0 aliphatic heterocycles. The molecule has 10 heavy (non-hydrogen) atoms. The second-order valence-electron chi connectivity index (χ2n) is 4.91. The maximum atomic E-state index is 2.46. The Kier molecular flexibility index (Phi) is 1.37. The monoisotopic (exact) mass is 136 g/mol. The lowest BCUT2D eigenvalue weighted by Crippen LogP contribution is -2.34. The zero-order valence-corrected chi connectivity index (χ0v) is 7.19. The van der Waals surface area contributed by atoms with E-state index in [1.165, 1.54) is 32.1 Å². The van der Waals surface area contributed by atoms with Crippen LogP contribution in [0, 0.1) is 11.8 Å². The second kappa shape index (κ2) is 2.02. The highest BCUT2D eigenvalue weighted by Crippen LogP contribution is 2.54. The molecule has 0 aromatic rings. The Balaban J connectivity index is 2.15. The molecule has 3 aliphatic rings. The smallest absolute Gasteiger partial charge is 0.0667 e. The third kappa shape index (κ3) is 0.907. The van der Waals surface area contributed by atoms with Gasteiger partial charge in [0.1, 0.15) is 7.85 Å². The Labute approximate surface area is 64.8 Å². The van der Waals surface area contributed by atoms with E-state index in [2.05, 4.69) is 14.8 Å². The predicted molar refractivity (Wildman–Crippen MR) is 47.0 cm³/mol. The molecule has 0 heterocycles. The van der Waals surface area contributed by atoms with Gasteiger partial charge in [0.15, 0.2) is 0 Å². The molecular formula is C9H17B. The van der Waals surface area contributed by atoms with E-state index in [9.17, 15) is 0 Å². The first-order valence-electron chi connectivity index (χ1n) is 4.68. The Morgan fingerprint density at radius 3 is 2.00 bits per heavy atom. The van der Waals surface area contributed by atoms with Crippen LogP contribution in [-0.4, -0.2) is 7.85 Å². The molecular weight excluding hydrogens is 119 g/mol. The highest BCUT2D eigenvalue weighted by molar-refractivity contribution is 6.15. The lowest BCUT2D eigenvalue weighted by atomic mass is 9.48. The molecule has 0 nitrogen and oxygen atoms in total. The molecule has 0 radical (unpaired) electrons. The summed E-state index contributed by atoms with van der Waals surface area (Å²) in [6, 6.07) is 0. The highest BCUT2D eigenvalue weighted by atomic mass is 14.4. The molecule has 0 amide bonds. The minimum Gasteiger partial charge on any atom is -0.0667 e. The van der Waals surface area contributed by atoms with Crippen LogP contribution in [0.5, 0.6) is 0 Å². The molecule has 3 aliphatic carbocycles. The van der Waals surface area contributed by atoms with E-state index in [1.807, 2.05) is 0 Å². The summed E-state index contributed by atoms with van der Waals surface area (Å²) in [6.07, 6.45) is 7.63. The van der Waals surface area contributed by atoms with Gasteiger partial charge < -0.3 is 0 Å². The maximum Gasteiger partial charge on any atom is 0.109 e. The number of fused-ring (bicyclic) bond motifs is 3. The molecule has 0 saturated heterocycles. The van der Waals surface area contributed by atoms with Crippen LogP contribution in [0.15, 0.2) is 0 Å². The normalized spacial score (nSPS) is 53.3. The molecule has 1 heteroatoms. The van der Waals surface area contributed by atoms with Crippen molar-refractivity contribution in [2.75, 3.05) is 0 Å². The van der Waals surface area contributed by atoms with Crippen molar-refractivity contribution in [3.8, 4) is 0 Å². The number of hydrogen-bond donors (Lipinski definition) is 0. The Morgan fingerprint density at radius 1 is 1.20 bits per heavy atom. The largest absolute Gasteiger partial charge is 0.109 e. The molecule has 0 aromatic heterocycles. The molecule has 56 valence electrons. The fraction of sp³-hybridized carbons (Fsp3) is 1.00. The van der Waals surface area contributed by atoms with Crippen molar-refractivity contribution < 1.29 is 0 Å². The molecule has 1 atom stereocenters. The van der Waals surface area contributed by atoms with Crippen molar-refractivity contribution in [3.63, 3.8) is 0 Å². The van der Waals surface area contributed by atoms with Crippen LogP contribution >= 0.6 is 0 Å². The average molecular weight is 136 g/mol. The lowest BCUT2D eigenvalue weighted by molar-refractivity contribution is 0.124. The second-order valence-corrected chi connectivity index (χ2v) is 4.91. The van der Waals surface area contributed by atoms with Gasteiger partial charge in [0.05, 0.1) is 0 Å². The molecule has 0 N–H and O–H groups in total. The molecule has 0 aromatic carbocycles. The molecule has 3 fully saturated rings. The Morgan fingerprint density at radius 2 is 1.80 bits per heavy atom. The first-order chi connectivity index (χ1) is 4.68. The van der Waals surface area contributed by atoms with Crippen molar-refractivity contribution in [1.82, 2.24) is 0 Å². The van der Waals surface area contributed by atoms with Gasteiger partial charge in [-0.15, -0.1) is 0 Å². The Hall–Kier alpha value is 0.0649. The van der Waals surface area contributed by atoms with E-state index >= 15 is 0 Å². The van der Waals surface area contributed by atoms with Crippen molar-refractivity contribution in [1.29, 1.82) is 0 Å². The van der Waals surface area contributed by atoms with Crippen LogP contribution in [0.2, 0.25) is 5.31 Å². The minimum absolute atomic E-state index is 0.696. The molecule has 3 saturated carbocycles. The van der Waals surface area contributed by atoms with E-state index in [-0.39, 0.29) is 0 Å². The quantitative estimate of drug-likeness (QED) is 0.447.